The number of hydrogen-bond donors (Lipinski definition) is 3. The van der Waals surface area contributed by atoms with Crippen LogP contribution in [-0.4, -0.2) is 70.1 Å². The summed E-state index contributed by atoms with van der Waals surface area (Å²) < 4.78 is 9.93. The maximum absolute atomic E-state index is 14.1. The van der Waals surface area contributed by atoms with E-state index in [1.807, 2.05) is 6.92 Å². The van der Waals surface area contributed by atoms with Crippen LogP contribution in [0.4, 0.5) is 11.4 Å². The van der Waals surface area contributed by atoms with Crippen molar-refractivity contribution in [3.8, 4) is 11.5 Å². The summed E-state index contributed by atoms with van der Waals surface area (Å²) in [5.41, 5.74) is 1.21. The van der Waals surface area contributed by atoms with Crippen LogP contribution in [0.3, 0.4) is 0 Å². The molecule has 5 rings (SSSR count). The topological polar surface area (TPSA) is 117 Å². The number of methoxy groups -OCH3 is 1. The number of hydrogen-bond acceptors (Lipinski definition) is 7. The van der Waals surface area contributed by atoms with Gasteiger partial charge in [-0.05, 0) is 74.7 Å². The average molecular weight is 554 g/mol. The molecule has 39 heavy (non-hydrogen) atoms. The largest absolute Gasteiger partial charge is 0.497 e. The minimum atomic E-state index is -0.826. The summed E-state index contributed by atoms with van der Waals surface area (Å²) in [6.07, 6.45) is 0.726. The molecule has 3 heterocycles. The molecule has 0 aromatic heterocycles. The van der Waals surface area contributed by atoms with Gasteiger partial charge in [0.05, 0.1) is 42.9 Å². The minimum absolute atomic E-state index is 0.0264. The maximum Gasteiger partial charge on any atom is 0.248 e. The van der Waals surface area contributed by atoms with Crippen LogP contribution >= 0.6 is 11.8 Å². The number of carbonyl (C=O) groups is 3. The van der Waals surface area contributed by atoms with Gasteiger partial charge < -0.3 is 30.1 Å². The van der Waals surface area contributed by atoms with Crippen molar-refractivity contribution >= 4 is 40.9 Å². The van der Waals surface area contributed by atoms with E-state index in [2.05, 4.69) is 17.6 Å². The molecule has 1 spiro atoms. The third kappa shape index (κ3) is 4.53. The Bertz CT molecular complexity index is 1240. The van der Waals surface area contributed by atoms with Gasteiger partial charge in [0, 0.05) is 16.6 Å². The van der Waals surface area contributed by atoms with Gasteiger partial charge in [0.25, 0.3) is 0 Å². The number of likely N-dealkylation sites (tertiary alicyclic amines) is 1. The van der Waals surface area contributed by atoms with E-state index >= 15 is 0 Å². The molecule has 2 aromatic rings. The van der Waals surface area contributed by atoms with E-state index in [1.54, 1.807) is 74.3 Å². The number of thioether (sulfide) groups is 1. The average Bonchev–Trinajstić information content (AvgIpc) is 3.53. The Morgan fingerprint density at radius 1 is 1.08 bits per heavy atom. The predicted octanol–water partition coefficient (Wildman–Crippen LogP) is 3.39. The fourth-order valence-corrected chi connectivity index (χ4v) is 8.94. The number of benzene rings is 2. The molecule has 3 N–H and O–H groups in total. The quantitative estimate of drug-likeness (QED) is 0.436. The highest BCUT2D eigenvalue weighted by Crippen LogP contribution is 2.68. The van der Waals surface area contributed by atoms with Crippen molar-refractivity contribution < 1.29 is 29.0 Å². The van der Waals surface area contributed by atoms with Gasteiger partial charge in [0.2, 0.25) is 17.7 Å². The number of amides is 3. The van der Waals surface area contributed by atoms with Crippen LogP contribution in [-0.2, 0) is 14.4 Å². The Labute approximate surface area is 232 Å². The summed E-state index contributed by atoms with van der Waals surface area (Å²) in [4.78, 5) is 43.2. The lowest BCUT2D eigenvalue weighted by Crippen LogP contribution is -2.56. The highest BCUT2D eigenvalue weighted by atomic mass is 32.2. The van der Waals surface area contributed by atoms with E-state index in [4.69, 9.17) is 9.47 Å². The number of nitrogens with zero attached hydrogens (tertiary/aromatic N) is 1. The van der Waals surface area contributed by atoms with Gasteiger partial charge in [-0.15, -0.1) is 11.8 Å². The van der Waals surface area contributed by atoms with Crippen molar-refractivity contribution in [3.63, 3.8) is 0 Å². The summed E-state index contributed by atoms with van der Waals surface area (Å²) in [5.74, 6) is -0.641. The summed E-state index contributed by atoms with van der Waals surface area (Å²) in [6, 6.07) is 12.8. The van der Waals surface area contributed by atoms with Crippen LogP contribution in [0.1, 0.15) is 27.2 Å². The van der Waals surface area contributed by atoms with Crippen molar-refractivity contribution in [3.05, 3.63) is 48.5 Å². The van der Waals surface area contributed by atoms with E-state index in [1.165, 1.54) is 4.90 Å². The summed E-state index contributed by atoms with van der Waals surface area (Å²) in [6.45, 7) is 5.97. The van der Waals surface area contributed by atoms with Gasteiger partial charge in [-0.3, -0.25) is 14.4 Å². The van der Waals surface area contributed by atoms with Gasteiger partial charge >= 0.3 is 0 Å². The molecule has 3 fully saturated rings. The van der Waals surface area contributed by atoms with Gasteiger partial charge in [-0.25, -0.2) is 0 Å². The molecule has 0 saturated carbocycles. The first-order chi connectivity index (χ1) is 18.7. The first kappa shape index (κ1) is 27.3. The number of anilines is 2. The number of rotatable bonds is 9. The van der Waals surface area contributed by atoms with Crippen molar-refractivity contribution in [2.75, 3.05) is 31.0 Å². The van der Waals surface area contributed by atoms with Gasteiger partial charge in [0.1, 0.15) is 17.5 Å². The number of fused-ring (bicyclic) bond motifs is 1. The molecule has 3 unspecified atom stereocenters. The van der Waals surface area contributed by atoms with Gasteiger partial charge in [0.15, 0.2) is 0 Å². The lowest BCUT2D eigenvalue weighted by atomic mass is 9.66. The molecular weight excluding hydrogens is 518 g/mol. The van der Waals surface area contributed by atoms with E-state index in [-0.39, 0.29) is 35.5 Å². The molecule has 0 radical (unpaired) electrons. The summed E-state index contributed by atoms with van der Waals surface area (Å²) in [7, 11) is 1.57. The molecule has 3 aliphatic rings. The number of nitrogens with one attached hydrogen (secondary N) is 2. The fourth-order valence-electron chi connectivity index (χ4n) is 6.53. The predicted molar refractivity (Wildman–Crippen MR) is 150 cm³/mol. The first-order valence-corrected chi connectivity index (χ1v) is 14.2. The normalized spacial score (nSPS) is 29.6. The third-order valence-corrected chi connectivity index (χ3v) is 10.3. The van der Waals surface area contributed by atoms with Crippen molar-refractivity contribution in [2.45, 2.75) is 49.3 Å². The number of carbonyl (C=O) groups excluding carboxylic acids is 3. The zero-order valence-electron chi connectivity index (χ0n) is 22.5. The lowest BCUT2D eigenvalue weighted by molar-refractivity contribution is -0.140. The standard InChI is InChI=1S/C29H35N3O6S/c1-5-38-21-12-8-18(9-13-21)30-26(34)23-22-14-16(2)29(39-22)24(23)28(36)32(17(3)15-33)25(29)27(35)31-19-6-10-20(37-4)11-7-19/h6-13,16-17,22-25,33H,5,14-15H2,1-4H3,(H,30,34)(H,31,35)/t16?,17-,22+,23-,24+,25?,29?/m1/s1. The zero-order valence-corrected chi connectivity index (χ0v) is 23.4. The first-order valence-electron chi connectivity index (χ1n) is 13.3. The Balaban J connectivity index is 1.45. The second-order valence-electron chi connectivity index (χ2n) is 10.5. The molecule has 3 saturated heterocycles. The van der Waals surface area contributed by atoms with E-state index in [0.29, 0.717) is 29.5 Å². The Morgan fingerprint density at radius 2 is 1.67 bits per heavy atom. The number of aliphatic hydroxyl groups is 1. The Hall–Kier alpha value is -3.24. The summed E-state index contributed by atoms with van der Waals surface area (Å²) in [5, 5.41) is 15.9. The van der Waals surface area contributed by atoms with Crippen LogP contribution in [0.2, 0.25) is 0 Å². The van der Waals surface area contributed by atoms with Crippen LogP contribution in [0, 0.1) is 17.8 Å². The van der Waals surface area contributed by atoms with Crippen LogP contribution in [0.5, 0.6) is 11.5 Å². The molecule has 2 aromatic carbocycles. The fraction of sp³-hybridized carbons (Fsp3) is 0.483. The lowest BCUT2D eigenvalue weighted by Gasteiger charge is -2.39. The van der Waals surface area contributed by atoms with Gasteiger partial charge in [-0.1, -0.05) is 6.92 Å². The minimum Gasteiger partial charge on any atom is -0.497 e. The Kier molecular flexibility index (Phi) is 7.52. The highest BCUT2D eigenvalue weighted by molar-refractivity contribution is 8.02. The molecule has 10 heteroatoms. The van der Waals surface area contributed by atoms with E-state index in [9.17, 15) is 19.5 Å². The van der Waals surface area contributed by atoms with Crippen LogP contribution in [0.25, 0.3) is 0 Å². The SMILES string of the molecule is CCOc1ccc(NC(=O)[C@@H]2[C@@H]3CC(C)C4(S3)C(C(=O)Nc3ccc(OC)cc3)N([C@H](C)CO)C(=O)[C@H]24)cc1. The second-order valence-corrected chi connectivity index (χ2v) is 12.0. The number of ether oxygens (including phenoxy) is 2. The molecule has 208 valence electrons. The van der Waals surface area contributed by atoms with E-state index in [0.717, 1.165) is 6.42 Å². The van der Waals surface area contributed by atoms with Crippen molar-refractivity contribution in [1.82, 2.24) is 4.90 Å². The molecule has 9 nitrogen and oxygen atoms in total. The van der Waals surface area contributed by atoms with Crippen molar-refractivity contribution in [1.29, 1.82) is 0 Å². The molecule has 0 aliphatic carbocycles. The van der Waals surface area contributed by atoms with Gasteiger partial charge in [-0.2, -0.15) is 0 Å². The molecule has 3 amide bonds. The zero-order chi connectivity index (χ0) is 27.9. The monoisotopic (exact) mass is 553 g/mol. The molecule has 7 atom stereocenters. The van der Waals surface area contributed by atoms with E-state index < -0.39 is 28.7 Å². The molecular formula is C29H35N3O6S. The smallest absolute Gasteiger partial charge is 0.248 e. The highest BCUT2D eigenvalue weighted by Gasteiger charge is 2.76. The van der Waals surface area contributed by atoms with Crippen LogP contribution < -0.4 is 20.1 Å². The van der Waals surface area contributed by atoms with Crippen LogP contribution in [0.15, 0.2) is 48.5 Å². The number of aliphatic hydroxyl groups excluding tert-OH is 1. The second kappa shape index (κ2) is 10.7. The summed E-state index contributed by atoms with van der Waals surface area (Å²) >= 11 is 1.60. The maximum atomic E-state index is 14.1. The van der Waals surface area contributed by atoms with Crippen molar-refractivity contribution in [2.24, 2.45) is 17.8 Å². The molecule has 2 bridgehead atoms. The molecule has 3 aliphatic heterocycles. The third-order valence-electron chi connectivity index (χ3n) is 8.26. The Morgan fingerprint density at radius 3 is 2.23 bits per heavy atom.